The number of carbonyl (C=O) groups excluding carboxylic acids is 2. The van der Waals surface area contributed by atoms with E-state index >= 15 is 0 Å². The first-order valence-corrected chi connectivity index (χ1v) is 9.89. The third-order valence-electron chi connectivity index (χ3n) is 5.43. The van der Waals surface area contributed by atoms with Gasteiger partial charge in [-0.3, -0.25) is 9.59 Å². The average molecular weight is 380 g/mol. The van der Waals surface area contributed by atoms with E-state index in [2.05, 4.69) is 22.8 Å². The molecule has 2 N–H and O–H groups in total. The largest absolute Gasteiger partial charge is 0.484 e. The van der Waals surface area contributed by atoms with Gasteiger partial charge in [0, 0.05) is 12.0 Å². The topological polar surface area (TPSA) is 67.4 Å². The number of para-hydroxylation sites is 1. The Balaban J connectivity index is 1.49. The van der Waals surface area contributed by atoms with E-state index in [9.17, 15) is 9.59 Å². The Labute approximate surface area is 166 Å². The summed E-state index contributed by atoms with van der Waals surface area (Å²) in [5.74, 6) is 0.140. The molecule has 1 atom stereocenters. The summed E-state index contributed by atoms with van der Waals surface area (Å²) in [7, 11) is 0. The highest BCUT2D eigenvalue weighted by atomic mass is 16.5. The van der Waals surface area contributed by atoms with Crippen molar-refractivity contribution in [2.24, 2.45) is 0 Å². The fourth-order valence-electron chi connectivity index (χ4n) is 3.83. The number of carbonyl (C=O) groups is 2. The lowest BCUT2D eigenvalue weighted by Crippen LogP contribution is -2.49. The predicted molar refractivity (Wildman–Crippen MR) is 109 cm³/mol. The maximum Gasteiger partial charge on any atom is 0.258 e. The molecule has 0 aliphatic heterocycles. The van der Waals surface area contributed by atoms with Crippen molar-refractivity contribution >= 4 is 11.8 Å². The molecule has 0 bridgehead atoms. The average Bonchev–Trinajstić information content (AvgIpc) is 3.22. The number of amides is 2. The molecule has 0 spiro atoms. The second kappa shape index (κ2) is 9.40. The third kappa shape index (κ3) is 5.12. The monoisotopic (exact) mass is 380 g/mol. The molecule has 2 aromatic carbocycles. The van der Waals surface area contributed by atoms with Gasteiger partial charge in [-0.25, -0.2) is 0 Å². The van der Waals surface area contributed by atoms with Crippen molar-refractivity contribution < 1.29 is 14.3 Å². The highest BCUT2D eigenvalue weighted by Gasteiger charge is 2.36. The highest BCUT2D eigenvalue weighted by Crippen LogP contribution is 2.40. The molecule has 2 amide bonds. The molecule has 1 saturated carbocycles. The van der Waals surface area contributed by atoms with Crippen LogP contribution in [-0.2, 0) is 15.0 Å². The Hall–Kier alpha value is -2.82. The number of hydrogen-bond donors (Lipinski definition) is 2. The van der Waals surface area contributed by atoms with Gasteiger partial charge in [-0.05, 0) is 37.5 Å². The van der Waals surface area contributed by atoms with Crippen LogP contribution in [0.4, 0.5) is 0 Å². The quantitative estimate of drug-likeness (QED) is 0.739. The van der Waals surface area contributed by atoms with Crippen LogP contribution >= 0.6 is 0 Å². The van der Waals surface area contributed by atoms with Crippen LogP contribution in [0.5, 0.6) is 5.75 Å². The van der Waals surface area contributed by atoms with E-state index in [0.717, 1.165) is 12.8 Å². The lowest BCUT2D eigenvalue weighted by Gasteiger charge is -2.30. The molecule has 148 valence electrons. The van der Waals surface area contributed by atoms with E-state index in [1.165, 1.54) is 18.4 Å². The van der Waals surface area contributed by atoms with Crippen molar-refractivity contribution in [1.29, 1.82) is 0 Å². The zero-order valence-electron chi connectivity index (χ0n) is 16.3. The van der Waals surface area contributed by atoms with Crippen LogP contribution < -0.4 is 15.4 Å². The minimum Gasteiger partial charge on any atom is -0.484 e. The predicted octanol–water partition coefficient (Wildman–Crippen LogP) is 3.20. The molecule has 0 saturated heterocycles. The fourth-order valence-corrected chi connectivity index (χ4v) is 3.83. The lowest BCUT2D eigenvalue weighted by molar-refractivity contribution is -0.129. The van der Waals surface area contributed by atoms with Crippen LogP contribution in [0.25, 0.3) is 0 Å². The van der Waals surface area contributed by atoms with Gasteiger partial charge in [-0.1, -0.05) is 61.4 Å². The number of ether oxygens (including phenoxy) is 1. The second-order valence-electron chi connectivity index (χ2n) is 7.46. The minimum absolute atomic E-state index is 0.00291. The molecular formula is C23H28N2O3. The first kappa shape index (κ1) is 19.9. The number of nitrogens with one attached hydrogen (secondary N) is 2. The smallest absolute Gasteiger partial charge is 0.258 e. The molecule has 0 aromatic heterocycles. The van der Waals surface area contributed by atoms with Gasteiger partial charge in [0.05, 0.1) is 0 Å². The van der Waals surface area contributed by atoms with E-state index in [1.54, 1.807) is 19.1 Å². The van der Waals surface area contributed by atoms with Crippen molar-refractivity contribution in [1.82, 2.24) is 10.6 Å². The van der Waals surface area contributed by atoms with E-state index in [0.29, 0.717) is 12.3 Å². The molecule has 28 heavy (non-hydrogen) atoms. The van der Waals surface area contributed by atoms with Crippen molar-refractivity contribution in [3.8, 4) is 5.75 Å². The van der Waals surface area contributed by atoms with Gasteiger partial charge in [0.1, 0.15) is 11.8 Å². The summed E-state index contributed by atoms with van der Waals surface area (Å²) in [6.07, 6.45) is 4.49. The number of benzene rings is 2. The molecule has 0 radical (unpaired) electrons. The van der Waals surface area contributed by atoms with Crippen molar-refractivity contribution in [3.63, 3.8) is 0 Å². The van der Waals surface area contributed by atoms with Crippen molar-refractivity contribution in [2.45, 2.75) is 44.1 Å². The fraction of sp³-hybridized carbons (Fsp3) is 0.391. The summed E-state index contributed by atoms with van der Waals surface area (Å²) in [5.41, 5.74) is 1.28. The van der Waals surface area contributed by atoms with Crippen LogP contribution in [0, 0.1) is 0 Å². The molecule has 1 fully saturated rings. The summed E-state index contributed by atoms with van der Waals surface area (Å²) in [6.45, 7) is 2.17. The first-order valence-electron chi connectivity index (χ1n) is 9.89. The molecule has 1 aliphatic carbocycles. The highest BCUT2D eigenvalue weighted by molar-refractivity contribution is 5.87. The van der Waals surface area contributed by atoms with E-state index < -0.39 is 6.04 Å². The van der Waals surface area contributed by atoms with Gasteiger partial charge in [0.25, 0.3) is 5.91 Å². The van der Waals surface area contributed by atoms with Gasteiger partial charge in [-0.15, -0.1) is 0 Å². The zero-order valence-corrected chi connectivity index (χ0v) is 16.3. The number of rotatable bonds is 8. The van der Waals surface area contributed by atoms with Gasteiger partial charge in [-0.2, -0.15) is 0 Å². The van der Waals surface area contributed by atoms with Gasteiger partial charge < -0.3 is 15.4 Å². The standard InChI is InChI=1S/C23H28N2O3/c1-18(25-21(26)16-28-20-12-6-3-7-13-20)22(27)24-17-23(14-8-9-15-23)19-10-4-2-5-11-19/h2-7,10-13,18H,8-9,14-17H2,1H3,(H,24,27)(H,25,26). The van der Waals surface area contributed by atoms with Gasteiger partial charge in [0.2, 0.25) is 5.91 Å². The number of hydrogen-bond acceptors (Lipinski definition) is 3. The van der Waals surface area contributed by atoms with Crippen LogP contribution in [0.15, 0.2) is 60.7 Å². The molecule has 3 rings (SSSR count). The normalized spacial score (nSPS) is 16.2. The summed E-state index contributed by atoms with van der Waals surface area (Å²) in [6, 6.07) is 18.9. The maximum absolute atomic E-state index is 12.5. The van der Waals surface area contributed by atoms with Crippen molar-refractivity contribution in [2.75, 3.05) is 13.2 Å². The molecular weight excluding hydrogens is 352 g/mol. The molecule has 0 heterocycles. The van der Waals surface area contributed by atoms with E-state index in [1.807, 2.05) is 36.4 Å². The summed E-state index contributed by atoms with van der Waals surface area (Å²) < 4.78 is 5.42. The van der Waals surface area contributed by atoms with Crippen LogP contribution in [0.2, 0.25) is 0 Å². The SMILES string of the molecule is CC(NC(=O)COc1ccccc1)C(=O)NCC1(c2ccccc2)CCCC1. The Morgan fingerprint density at radius 3 is 2.25 bits per heavy atom. The van der Waals surface area contributed by atoms with E-state index in [-0.39, 0.29) is 23.8 Å². The minimum atomic E-state index is -0.610. The summed E-state index contributed by atoms with van der Waals surface area (Å²) >= 11 is 0. The molecule has 1 aliphatic rings. The maximum atomic E-state index is 12.5. The van der Waals surface area contributed by atoms with Crippen LogP contribution in [-0.4, -0.2) is 31.0 Å². The Morgan fingerprint density at radius 1 is 1.00 bits per heavy atom. The molecule has 5 nitrogen and oxygen atoms in total. The zero-order chi connectivity index (χ0) is 19.8. The van der Waals surface area contributed by atoms with Crippen LogP contribution in [0.3, 0.4) is 0 Å². The molecule has 1 unspecified atom stereocenters. The van der Waals surface area contributed by atoms with E-state index in [4.69, 9.17) is 4.74 Å². The Morgan fingerprint density at radius 2 is 1.61 bits per heavy atom. The Kier molecular flexibility index (Phi) is 6.69. The van der Waals surface area contributed by atoms with Crippen LogP contribution in [0.1, 0.15) is 38.2 Å². The molecule has 5 heteroatoms. The first-order chi connectivity index (χ1) is 13.6. The summed E-state index contributed by atoms with van der Waals surface area (Å²) in [4.78, 5) is 24.6. The second-order valence-corrected chi connectivity index (χ2v) is 7.46. The van der Waals surface area contributed by atoms with Gasteiger partial charge in [0.15, 0.2) is 6.61 Å². The molecule has 2 aromatic rings. The summed E-state index contributed by atoms with van der Waals surface area (Å²) in [5, 5.41) is 5.75. The Bertz CT molecular complexity index is 771. The third-order valence-corrected chi connectivity index (χ3v) is 5.43. The van der Waals surface area contributed by atoms with Crippen molar-refractivity contribution in [3.05, 3.63) is 66.2 Å². The lowest BCUT2D eigenvalue weighted by atomic mass is 9.79. The van der Waals surface area contributed by atoms with Gasteiger partial charge >= 0.3 is 0 Å².